The van der Waals surface area contributed by atoms with E-state index in [0.29, 0.717) is 13.1 Å². The Kier molecular flexibility index (Phi) is 10.5. The van der Waals surface area contributed by atoms with Crippen LogP contribution in [0.25, 0.3) is 0 Å². The highest BCUT2D eigenvalue weighted by Crippen LogP contribution is 2.17. The lowest BCUT2D eigenvalue weighted by atomic mass is 10.2. The van der Waals surface area contributed by atoms with E-state index in [4.69, 9.17) is 0 Å². The minimum atomic E-state index is 0. The molecule has 2 rings (SSSR count). The van der Waals surface area contributed by atoms with Crippen molar-refractivity contribution in [3.05, 3.63) is 36.5 Å². The number of aromatic nitrogens is 1. The first-order valence-corrected chi connectivity index (χ1v) is 8.66. The van der Waals surface area contributed by atoms with Crippen LogP contribution in [0.15, 0.2) is 36.0 Å². The van der Waals surface area contributed by atoms with E-state index in [1.807, 2.05) is 12.3 Å². The third-order valence-corrected chi connectivity index (χ3v) is 3.92. The maximum atomic E-state index is 4.63. The molecule has 0 bridgehead atoms. The molecule has 134 valence electrons. The number of pyridine rings is 1. The van der Waals surface area contributed by atoms with Crippen LogP contribution >= 0.6 is 24.0 Å². The normalized spacial score (nSPS) is 15.2. The first-order chi connectivity index (χ1) is 11.3. The van der Waals surface area contributed by atoms with Crippen molar-refractivity contribution in [3.63, 3.8) is 0 Å². The number of guanidine groups is 1. The summed E-state index contributed by atoms with van der Waals surface area (Å²) in [5, 5.41) is 6.42. The Morgan fingerprint density at radius 2 is 2.00 bits per heavy atom. The van der Waals surface area contributed by atoms with Crippen LogP contribution in [0.3, 0.4) is 0 Å². The third-order valence-electron chi connectivity index (χ3n) is 3.92. The van der Waals surface area contributed by atoms with Crippen LogP contribution in [0, 0.1) is 0 Å². The second-order valence-electron chi connectivity index (χ2n) is 5.79. The molecule has 2 heterocycles. The van der Waals surface area contributed by atoms with Crippen LogP contribution < -0.4 is 15.5 Å². The molecule has 0 spiro atoms. The molecule has 1 fully saturated rings. The fourth-order valence-corrected chi connectivity index (χ4v) is 2.68. The minimum Gasteiger partial charge on any atom is -0.357 e. The largest absolute Gasteiger partial charge is 0.357 e. The zero-order valence-electron chi connectivity index (χ0n) is 14.6. The predicted octanol–water partition coefficient (Wildman–Crippen LogP) is 3.32. The molecule has 1 aromatic heterocycles. The SMILES string of the molecule is C=CCNC(=NCc1ccc(N2CCCCCC2)nc1)NCC.I. The second kappa shape index (κ2) is 12.1. The van der Waals surface area contributed by atoms with Gasteiger partial charge >= 0.3 is 0 Å². The molecule has 1 aliphatic rings. The van der Waals surface area contributed by atoms with Crippen molar-refractivity contribution < 1.29 is 0 Å². The maximum Gasteiger partial charge on any atom is 0.191 e. The number of rotatable bonds is 6. The maximum absolute atomic E-state index is 4.63. The van der Waals surface area contributed by atoms with Gasteiger partial charge in [-0.15, -0.1) is 30.6 Å². The van der Waals surface area contributed by atoms with Crippen molar-refractivity contribution in [1.29, 1.82) is 0 Å². The fraction of sp³-hybridized carbons (Fsp3) is 0.556. The van der Waals surface area contributed by atoms with Crippen LogP contribution in [-0.2, 0) is 6.54 Å². The predicted molar refractivity (Wildman–Crippen MR) is 113 cm³/mol. The summed E-state index contributed by atoms with van der Waals surface area (Å²) in [6.45, 7) is 10.2. The highest BCUT2D eigenvalue weighted by molar-refractivity contribution is 14.0. The molecular formula is C18H30IN5. The van der Waals surface area contributed by atoms with E-state index in [1.165, 1.54) is 25.7 Å². The van der Waals surface area contributed by atoms with Crippen LogP contribution in [0.4, 0.5) is 5.82 Å². The monoisotopic (exact) mass is 443 g/mol. The zero-order valence-corrected chi connectivity index (χ0v) is 17.0. The molecule has 0 aromatic carbocycles. The summed E-state index contributed by atoms with van der Waals surface area (Å²) in [6, 6.07) is 4.26. The quantitative estimate of drug-likeness (QED) is 0.307. The van der Waals surface area contributed by atoms with Gasteiger partial charge in [0.25, 0.3) is 0 Å². The average Bonchev–Trinajstić information content (AvgIpc) is 2.87. The van der Waals surface area contributed by atoms with Crippen LogP contribution in [0.2, 0.25) is 0 Å². The molecule has 5 nitrogen and oxygen atoms in total. The van der Waals surface area contributed by atoms with E-state index in [-0.39, 0.29) is 24.0 Å². The summed E-state index contributed by atoms with van der Waals surface area (Å²) < 4.78 is 0. The summed E-state index contributed by atoms with van der Waals surface area (Å²) in [5.41, 5.74) is 1.12. The van der Waals surface area contributed by atoms with Gasteiger partial charge in [0.1, 0.15) is 5.82 Å². The smallest absolute Gasteiger partial charge is 0.191 e. The molecule has 0 amide bonds. The first-order valence-electron chi connectivity index (χ1n) is 8.66. The molecule has 0 unspecified atom stereocenters. The van der Waals surface area contributed by atoms with E-state index in [2.05, 4.69) is 51.1 Å². The van der Waals surface area contributed by atoms with Crippen LogP contribution in [0.1, 0.15) is 38.2 Å². The summed E-state index contributed by atoms with van der Waals surface area (Å²) >= 11 is 0. The number of hydrogen-bond acceptors (Lipinski definition) is 3. The molecule has 24 heavy (non-hydrogen) atoms. The number of nitrogens with zero attached hydrogens (tertiary/aromatic N) is 3. The Morgan fingerprint density at radius 3 is 2.58 bits per heavy atom. The van der Waals surface area contributed by atoms with Gasteiger partial charge in [0.2, 0.25) is 0 Å². The van der Waals surface area contributed by atoms with Gasteiger partial charge < -0.3 is 15.5 Å². The van der Waals surface area contributed by atoms with Crippen molar-refractivity contribution in [2.75, 3.05) is 31.1 Å². The Labute approximate surface area is 163 Å². The molecule has 1 aromatic rings. The molecule has 1 saturated heterocycles. The summed E-state index contributed by atoms with van der Waals surface area (Å²) in [4.78, 5) is 11.6. The third kappa shape index (κ3) is 7.07. The van der Waals surface area contributed by atoms with Gasteiger partial charge in [-0.2, -0.15) is 0 Å². The van der Waals surface area contributed by atoms with Crippen molar-refractivity contribution in [2.24, 2.45) is 4.99 Å². The van der Waals surface area contributed by atoms with Gasteiger partial charge in [0, 0.05) is 32.4 Å². The van der Waals surface area contributed by atoms with Crippen molar-refractivity contribution in [1.82, 2.24) is 15.6 Å². The Morgan fingerprint density at radius 1 is 1.25 bits per heavy atom. The van der Waals surface area contributed by atoms with E-state index in [9.17, 15) is 0 Å². The van der Waals surface area contributed by atoms with Gasteiger partial charge in [-0.1, -0.05) is 25.0 Å². The highest BCUT2D eigenvalue weighted by atomic mass is 127. The van der Waals surface area contributed by atoms with Crippen molar-refractivity contribution >= 4 is 35.8 Å². The Balaban J connectivity index is 0.00000288. The fourth-order valence-electron chi connectivity index (χ4n) is 2.68. The number of halogens is 1. The summed E-state index contributed by atoms with van der Waals surface area (Å²) in [7, 11) is 0. The topological polar surface area (TPSA) is 52.6 Å². The van der Waals surface area contributed by atoms with E-state index >= 15 is 0 Å². The van der Waals surface area contributed by atoms with E-state index in [1.54, 1.807) is 0 Å². The molecule has 6 heteroatoms. The Hall–Kier alpha value is -1.31. The molecule has 0 atom stereocenters. The molecule has 1 aliphatic heterocycles. The zero-order chi connectivity index (χ0) is 16.3. The lowest BCUT2D eigenvalue weighted by molar-refractivity contribution is 0.726. The summed E-state index contributed by atoms with van der Waals surface area (Å²) in [6.07, 6.45) is 9.00. The average molecular weight is 443 g/mol. The molecular weight excluding hydrogens is 413 g/mol. The second-order valence-corrected chi connectivity index (χ2v) is 5.79. The first kappa shape index (κ1) is 20.7. The van der Waals surface area contributed by atoms with Gasteiger partial charge in [-0.05, 0) is 31.4 Å². The van der Waals surface area contributed by atoms with Crippen molar-refractivity contribution in [2.45, 2.75) is 39.2 Å². The van der Waals surface area contributed by atoms with E-state index < -0.39 is 0 Å². The highest BCUT2D eigenvalue weighted by Gasteiger charge is 2.10. The lowest BCUT2D eigenvalue weighted by Crippen LogP contribution is -2.37. The van der Waals surface area contributed by atoms with Gasteiger partial charge in [-0.3, -0.25) is 0 Å². The van der Waals surface area contributed by atoms with Gasteiger partial charge in [0.15, 0.2) is 5.96 Å². The van der Waals surface area contributed by atoms with Crippen molar-refractivity contribution in [3.8, 4) is 0 Å². The number of nitrogens with one attached hydrogen (secondary N) is 2. The number of anilines is 1. The standard InChI is InChI=1S/C18H29N5.HI/c1-3-11-20-18(19-4-2)22-15-16-9-10-17(21-14-16)23-12-7-5-6-8-13-23;/h3,9-10,14H,1,4-8,11-13,15H2,2H3,(H2,19,20,22);1H. The number of aliphatic imine (C=N–C) groups is 1. The minimum absolute atomic E-state index is 0. The van der Waals surface area contributed by atoms with E-state index in [0.717, 1.165) is 37.0 Å². The van der Waals surface area contributed by atoms with Crippen LogP contribution in [-0.4, -0.2) is 37.1 Å². The molecule has 0 aliphatic carbocycles. The lowest BCUT2D eigenvalue weighted by Gasteiger charge is -2.21. The molecule has 0 radical (unpaired) electrons. The van der Waals surface area contributed by atoms with Gasteiger partial charge in [0.05, 0.1) is 6.54 Å². The van der Waals surface area contributed by atoms with Gasteiger partial charge in [-0.25, -0.2) is 9.98 Å². The molecule has 0 saturated carbocycles. The van der Waals surface area contributed by atoms with Crippen LogP contribution in [0.5, 0.6) is 0 Å². The Bertz CT molecular complexity index is 493. The summed E-state index contributed by atoms with van der Waals surface area (Å²) in [5.74, 6) is 1.90. The number of hydrogen-bond donors (Lipinski definition) is 2. The molecule has 2 N–H and O–H groups in total.